The van der Waals surface area contributed by atoms with Crippen LogP contribution in [-0.4, -0.2) is 42.3 Å². The minimum absolute atomic E-state index is 0.250. The normalized spacial score (nSPS) is 22.9. The molecule has 2 atom stereocenters. The number of hydrogen-bond acceptors (Lipinski definition) is 3. The first-order valence-electron chi connectivity index (χ1n) is 10.5. The van der Waals surface area contributed by atoms with Crippen LogP contribution in [0.4, 0.5) is 9.18 Å². The fraction of sp³-hybridized carbons (Fsp3) is 0.458. The van der Waals surface area contributed by atoms with Gasteiger partial charge in [0.15, 0.2) is 0 Å². The van der Waals surface area contributed by atoms with Crippen molar-refractivity contribution in [1.29, 1.82) is 0 Å². The van der Waals surface area contributed by atoms with Crippen molar-refractivity contribution in [3.05, 3.63) is 71.3 Å². The van der Waals surface area contributed by atoms with E-state index in [1.807, 2.05) is 37.3 Å². The van der Waals surface area contributed by atoms with Crippen LogP contribution in [-0.2, 0) is 11.3 Å². The molecule has 154 valence electrons. The minimum Gasteiger partial charge on any atom is -0.445 e. The first-order chi connectivity index (χ1) is 14.0. The highest BCUT2D eigenvalue weighted by molar-refractivity contribution is 5.67. The fourth-order valence-corrected chi connectivity index (χ4v) is 3.99. The van der Waals surface area contributed by atoms with E-state index in [1.165, 1.54) is 11.1 Å². The number of likely N-dealkylation sites (tertiary alicyclic amines) is 1. The van der Waals surface area contributed by atoms with Gasteiger partial charge in [0.1, 0.15) is 12.3 Å². The predicted molar refractivity (Wildman–Crippen MR) is 112 cm³/mol. The molecule has 2 aliphatic rings. The van der Waals surface area contributed by atoms with E-state index in [-0.39, 0.29) is 12.7 Å². The van der Waals surface area contributed by atoms with Crippen molar-refractivity contribution < 1.29 is 13.9 Å². The van der Waals surface area contributed by atoms with Crippen LogP contribution in [0.2, 0.25) is 0 Å². The lowest BCUT2D eigenvalue weighted by Crippen LogP contribution is -2.49. The summed E-state index contributed by atoms with van der Waals surface area (Å²) >= 11 is 0. The van der Waals surface area contributed by atoms with Crippen molar-refractivity contribution in [3.8, 4) is 0 Å². The summed E-state index contributed by atoms with van der Waals surface area (Å²) in [6.07, 6.45) is 1.41. The molecule has 5 heteroatoms. The van der Waals surface area contributed by atoms with E-state index < -0.39 is 5.67 Å². The number of nitrogens with one attached hydrogen (secondary N) is 1. The molecule has 4 nitrogen and oxygen atoms in total. The van der Waals surface area contributed by atoms with Crippen LogP contribution in [0.1, 0.15) is 41.9 Å². The van der Waals surface area contributed by atoms with Crippen LogP contribution in [0.25, 0.3) is 0 Å². The Bertz CT molecular complexity index is 817. The fourth-order valence-electron chi connectivity index (χ4n) is 3.99. The highest BCUT2D eigenvalue weighted by atomic mass is 19.1. The smallest absolute Gasteiger partial charge is 0.410 e. The summed E-state index contributed by atoms with van der Waals surface area (Å²) in [5.74, 6) is 0.497. The Balaban J connectivity index is 1.18. The van der Waals surface area contributed by atoms with Gasteiger partial charge in [-0.05, 0) is 24.5 Å². The van der Waals surface area contributed by atoms with Gasteiger partial charge in [-0.2, -0.15) is 0 Å². The largest absolute Gasteiger partial charge is 0.445 e. The monoisotopic (exact) mass is 396 g/mol. The van der Waals surface area contributed by atoms with Crippen molar-refractivity contribution in [2.24, 2.45) is 0 Å². The van der Waals surface area contributed by atoms with E-state index >= 15 is 4.39 Å². The number of halogens is 1. The Morgan fingerprint density at radius 2 is 1.83 bits per heavy atom. The zero-order valence-electron chi connectivity index (χ0n) is 16.9. The Morgan fingerprint density at radius 3 is 2.52 bits per heavy atom. The second-order valence-corrected chi connectivity index (χ2v) is 8.42. The number of benzene rings is 2. The topological polar surface area (TPSA) is 41.6 Å². The molecule has 2 aromatic carbocycles. The molecule has 0 bridgehead atoms. The first kappa shape index (κ1) is 19.9. The number of piperidine rings is 1. The molecule has 0 spiro atoms. The van der Waals surface area contributed by atoms with E-state index in [0.717, 1.165) is 12.0 Å². The van der Waals surface area contributed by atoms with Gasteiger partial charge >= 0.3 is 6.09 Å². The number of carbonyl (C=O) groups is 1. The van der Waals surface area contributed by atoms with Crippen LogP contribution >= 0.6 is 0 Å². The summed E-state index contributed by atoms with van der Waals surface area (Å²) in [6, 6.07) is 18.7. The molecule has 1 aliphatic heterocycles. The zero-order valence-corrected chi connectivity index (χ0v) is 16.9. The van der Waals surface area contributed by atoms with E-state index in [4.69, 9.17) is 4.74 Å². The molecule has 2 aromatic rings. The third-order valence-corrected chi connectivity index (χ3v) is 6.10. The number of amides is 1. The van der Waals surface area contributed by atoms with Crippen molar-refractivity contribution >= 4 is 6.09 Å². The second kappa shape index (κ2) is 8.54. The van der Waals surface area contributed by atoms with E-state index in [1.54, 1.807) is 4.90 Å². The molecule has 2 fully saturated rings. The molecule has 1 heterocycles. The number of carbonyl (C=O) groups excluding carboxylic acids is 1. The van der Waals surface area contributed by atoms with Crippen LogP contribution in [0, 0.1) is 6.92 Å². The average Bonchev–Trinajstić information content (AvgIpc) is 3.53. The number of aryl methyl sites for hydroxylation is 1. The molecular formula is C24H29FN2O2. The second-order valence-electron chi connectivity index (χ2n) is 8.42. The molecule has 4 rings (SSSR count). The van der Waals surface area contributed by atoms with Gasteiger partial charge in [0.25, 0.3) is 0 Å². The maximum absolute atomic E-state index is 15.2. The number of rotatable bonds is 6. The van der Waals surface area contributed by atoms with Gasteiger partial charge in [-0.1, -0.05) is 60.2 Å². The van der Waals surface area contributed by atoms with Crippen LogP contribution in [0.5, 0.6) is 0 Å². The maximum Gasteiger partial charge on any atom is 0.410 e. The van der Waals surface area contributed by atoms with Crippen molar-refractivity contribution in [2.75, 3.05) is 19.6 Å². The van der Waals surface area contributed by atoms with Gasteiger partial charge < -0.3 is 15.0 Å². The van der Waals surface area contributed by atoms with E-state index in [2.05, 4.69) is 29.6 Å². The van der Waals surface area contributed by atoms with Gasteiger partial charge in [0.05, 0.1) is 0 Å². The highest BCUT2D eigenvalue weighted by Crippen LogP contribution is 2.41. The summed E-state index contributed by atoms with van der Waals surface area (Å²) in [5.41, 5.74) is 2.20. The quantitative estimate of drug-likeness (QED) is 0.777. The van der Waals surface area contributed by atoms with Crippen molar-refractivity contribution in [3.63, 3.8) is 0 Å². The summed E-state index contributed by atoms with van der Waals surface area (Å²) < 4.78 is 20.6. The van der Waals surface area contributed by atoms with Crippen molar-refractivity contribution in [1.82, 2.24) is 10.2 Å². The van der Waals surface area contributed by atoms with Gasteiger partial charge in [-0.25, -0.2) is 9.18 Å². The van der Waals surface area contributed by atoms with E-state index in [0.29, 0.717) is 44.4 Å². The Kier molecular flexibility index (Phi) is 5.86. The first-order valence-corrected chi connectivity index (χ1v) is 10.5. The summed E-state index contributed by atoms with van der Waals surface area (Å²) in [6.45, 7) is 3.43. The van der Waals surface area contributed by atoms with Gasteiger partial charge in [0, 0.05) is 44.4 Å². The molecule has 1 saturated heterocycles. The number of ether oxygens (including phenoxy) is 1. The molecule has 29 heavy (non-hydrogen) atoms. The minimum atomic E-state index is -1.25. The third kappa shape index (κ3) is 5.15. The van der Waals surface area contributed by atoms with Crippen molar-refractivity contribution in [2.45, 2.75) is 50.4 Å². The average molecular weight is 397 g/mol. The maximum atomic E-state index is 15.2. The number of hydrogen-bond donors (Lipinski definition) is 1. The van der Waals surface area contributed by atoms with Gasteiger partial charge in [0.2, 0.25) is 0 Å². The summed E-state index contributed by atoms with van der Waals surface area (Å²) in [7, 11) is 0. The Hall–Kier alpha value is -2.40. The lowest BCUT2D eigenvalue weighted by Gasteiger charge is -2.36. The highest BCUT2D eigenvalue weighted by Gasteiger charge is 2.42. The Labute approximate surface area is 172 Å². The molecule has 2 unspecified atom stereocenters. The summed E-state index contributed by atoms with van der Waals surface area (Å²) in [4.78, 5) is 13.9. The molecule has 1 saturated carbocycles. The van der Waals surface area contributed by atoms with Crippen LogP contribution in [0.3, 0.4) is 0 Å². The molecule has 0 radical (unpaired) electrons. The molecule has 0 aromatic heterocycles. The SMILES string of the molecule is Cc1ccc(COC(=O)N2CCC(F)(CNC3CC3c3ccccc3)CC2)cc1. The van der Waals surface area contributed by atoms with Crippen LogP contribution in [0.15, 0.2) is 54.6 Å². The zero-order chi connectivity index (χ0) is 20.3. The molecule has 1 aliphatic carbocycles. The lowest BCUT2D eigenvalue weighted by molar-refractivity contribution is 0.0408. The predicted octanol–water partition coefficient (Wildman–Crippen LogP) is 4.58. The van der Waals surface area contributed by atoms with Gasteiger partial charge in [-0.3, -0.25) is 0 Å². The van der Waals surface area contributed by atoms with Crippen LogP contribution < -0.4 is 5.32 Å². The van der Waals surface area contributed by atoms with E-state index in [9.17, 15) is 4.79 Å². The standard InChI is InChI=1S/C24H29FN2O2/c1-18-7-9-19(10-8-18)16-29-23(28)27-13-11-24(25,12-14-27)17-26-22-15-21(22)20-5-3-2-4-6-20/h2-10,21-22,26H,11-17H2,1H3. The lowest BCUT2D eigenvalue weighted by atomic mass is 9.93. The molecular weight excluding hydrogens is 367 g/mol. The number of nitrogens with zero attached hydrogens (tertiary/aromatic N) is 1. The Morgan fingerprint density at radius 1 is 1.14 bits per heavy atom. The number of alkyl halides is 1. The molecule has 1 N–H and O–H groups in total. The molecule has 1 amide bonds. The third-order valence-electron chi connectivity index (χ3n) is 6.10. The van der Waals surface area contributed by atoms with Gasteiger partial charge in [-0.15, -0.1) is 0 Å². The summed E-state index contributed by atoms with van der Waals surface area (Å²) in [5, 5.41) is 3.40.